The van der Waals surface area contributed by atoms with Gasteiger partial charge in [0.25, 0.3) is 0 Å². The molecule has 4 heteroatoms. The van der Waals surface area contributed by atoms with Gasteiger partial charge in [-0.25, -0.2) is 4.98 Å². The molecule has 2 N–H and O–H groups in total. The van der Waals surface area contributed by atoms with Crippen LogP contribution in [0.25, 0.3) is 0 Å². The van der Waals surface area contributed by atoms with Crippen LogP contribution in [-0.4, -0.2) is 39.6 Å². The molecule has 1 aromatic heterocycles. The first-order valence-corrected chi connectivity index (χ1v) is 7.69. The molecule has 1 aliphatic heterocycles. The predicted molar refractivity (Wildman–Crippen MR) is 83.1 cm³/mol. The topological polar surface area (TPSA) is 52.1 Å². The molecule has 4 nitrogen and oxygen atoms in total. The van der Waals surface area contributed by atoms with Crippen molar-refractivity contribution in [3.63, 3.8) is 0 Å². The van der Waals surface area contributed by atoms with Crippen LogP contribution in [0.5, 0.6) is 0 Å². The highest BCUT2D eigenvalue weighted by atomic mass is 16.3. The van der Waals surface area contributed by atoms with E-state index in [-0.39, 0.29) is 0 Å². The van der Waals surface area contributed by atoms with Crippen molar-refractivity contribution in [1.82, 2.24) is 14.9 Å². The summed E-state index contributed by atoms with van der Waals surface area (Å²) in [7, 11) is 0. The van der Waals surface area contributed by atoms with Crippen LogP contribution in [0.4, 0.5) is 0 Å². The lowest BCUT2D eigenvalue weighted by molar-refractivity contribution is 0.0962. The van der Waals surface area contributed by atoms with Crippen LogP contribution < -0.4 is 0 Å². The number of H-pyrrole nitrogens is 1. The summed E-state index contributed by atoms with van der Waals surface area (Å²) in [4.78, 5) is 9.94. The van der Waals surface area contributed by atoms with E-state index in [1.807, 2.05) is 30.6 Å². The first-order chi connectivity index (χ1) is 10.2. The Labute approximate surface area is 125 Å². The van der Waals surface area contributed by atoms with E-state index in [0.29, 0.717) is 5.92 Å². The molecule has 1 atom stereocenters. The molecule has 0 amide bonds. The lowest BCUT2D eigenvalue weighted by Gasteiger charge is -2.32. The normalized spacial score (nSPS) is 18.8. The lowest BCUT2D eigenvalue weighted by Crippen LogP contribution is -2.36. The third-order valence-electron chi connectivity index (χ3n) is 4.47. The van der Waals surface area contributed by atoms with E-state index in [4.69, 9.17) is 0 Å². The van der Waals surface area contributed by atoms with Crippen LogP contribution in [0.3, 0.4) is 0 Å². The number of hydrogen-bond acceptors (Lipinski definition) is 3. The summed E-state index contributed by atoms with van der Waals surface area (Å²) in [5.41, 5.74) is 2.21. The number of likely N-dealkylation sites (tertiary alicyclic amines) is 1. The van der Waals surface area contributed by atoms with Crippen LogP contribution >= 0.6 is 0 Å². The Hall–Kier alpha value is -1.65. The van der Waals surface area contributed by atoms with Gasteiger partial charge in [-0.1, -0.05) is 24.3 Å². The zero-order chi connectivity index (χ0) is 14.7. The number of aromatic nitrogens is 2. The molecule has 1 aromatic carbocycles. The second-order valence-corrected chi connectivity index (χ2v) is 5.92. The smallest absolute Gasteiger partial charge is 0.109 e. The Balaban J connectivity index is 1.55. The van der Waals surface area contributed by atoms with E-state index in [9.17, 15) is 5.11 Å². The Bertz CT molecular complexity index is 559. The first-order valence-electron chi connectivity index (χ1n) is 7.69. The number of nitrogens with one attached hydrogen (secondary N) is 1. The summed E-state index contributed by atoms with van der Waals surface area (Å²) in [6.07, 6.45) is 5.53. The van der Waals surface area contributed by atoms with Gasteiger partial charge in [0.2, 0.25) is 0 Å². The van der Waals surface area contributed by atoms with E-state index in [1.54, 1.807) is 0 Å². The van der Waals surface area contributed by atoms with E-state index in [2.05, 4.69) is 27.9 Å². The molecule has 2 aromatic rings. The number of imidazole rings is 1. The molecule has 1 saturated heterocycles. The van der Waals surface area contributed by atoms with Crippen LogP contribution in [-0.2, 0) is 0 Å². The van der Waals surface area contributed by atoms with Gasteiger partial charge < -0.3 is 15.0 Å². The average Bonchev–Trinajstić information content (AvgIpc) is 3.02. The SMILES string of the molecule is Cc1ccccc1C(O)CN1CCC(c2ncc[nH]2)CC1. The number of aromatic amines is 1. The molecule has 0 saturated carbocycles. The molecule has 0 spiro atoms. The fraction of sp³-hybridized carbons (Fsp3) is 0.471. The fourth-order valence-corrected chi connectivity index (χ4v) is 3.19. The summed E-state index contributed by atoms with van der Waals surface area (Å²) >= 11 is 0. The summed E-state index contributed by atoms with van der Waals surface area (Å²) in [5, 5.41) is 10.4. The van der Waals surface area contributed by atoms with Gasteiger partial charge in [-0.3, -0.25) is 0 Å². The van der Waals surface area contributed by atoms with Crippen LogP contribution in [0.1, 0.15) is 41.8 Å². The van der Waals surface area contributed by atoms with Gasteiger partial charge in [0.05, 0.1) is 6.10 Å². The van der Waals surface area contributed by atoms with Gasteiger partial charge in [0.1, 0.15) is 5.82 Å². The summed E-state index contributed by atoms with van der Waals surface area (Å²) in [6.45, 7) is 4.82. The van der Waals surface area contributed by atoms with Crippen LogP contribution in [0.2, 0.25) is 0 Å². The van der Waals surface area contributed by atoms with Gasteiger partial charge >= 0.3 is 0 Å². The molecule has 0 bridgehead atoms. The number of aliphatic hydroxyl groups excluding tert-OH is 1. The van der Waals surface area contributed by atoms with Crippen LogP contribution in [0, 0.1) is 6.92 Å². The molecule has 21 heavy (non-hydrogen) atoms. The number of β-amino-alcohol motifs (C(OH)–C–C–N with tert-alkyl or cyclic N) is 1. The van der Waals surface area contributed by atoms with Gasteiger partial charge in [-0.05, 0) is 44.0 Å². The van der Waals surface area contributed by atoms with Crippen molar-refractivity contribution in [2.24, 2.45) is 0 Å². The van der Waals surface area contributed by atoms with Crippen LogP contribution in [0.15, 0.2) is 36.7 Å². The third kappa shape index (κ3) is 3.34. The number of benzene rings is 1. The number of rotatable bonds is 4. The highest BCUT2D eigenvalue weighted by Crippen LogP contribution is 2.27. The maximum absolute atomic E-state index is 10.4. The van der Waals surface area contributed by atoms with Crippen molar-refractivity contribution in [3.05, 3.63) is 53.6 Å². The molecule has 0 radical (unpaired) electrons. The van der Waals surface area contributed by atoms with Crippen molar-refractivity contribution in [1.29, 1.82) is 0 Å². The molecular weight excluding hydrogens is 262 g/mol. The van der Waals surface area contributed by atoms with E-state index >= 15 is 0 Å². The number of hydrogen-bond donors (Lipinski definition) is 2. The van der Waals surface area contributed by atoms with Crippen molar-refractivity contribution in [2.75, 3.05) is 19.6 Å². The quantitative estimate of drug-likeness (QED) is 0.908. The van der Waals surface area contributed by atoms with Gasteiger partial charge in [-0.2, -0.15) is 0 Å². The zero-order valence-electron chi connectivity index (χ0n) is 12.5. The van der Waals surface area contributed by atoms with Crippen molar-refractivity contribution in [3.8, 4) is 0 Å². The average molecular weight is 285 g/mol. The van der Waals surface area contributed by atoms with Crippen molar-refractivity contribution >= 4 is 0 Å². The molecule has 1 unspecified atom stereocenters. The van der Waals surface area contributed by atoms with E-state index < -0.39 is 6.10 Å². The molecule has 3 rings (SSSR count). The summed E-state index contributed by atoms with van der Waals surface area (Å²) in [5.74, 6) is 1.64. The molecule has 0 aliphatic carbocycles. The lowest BCUT2D eigenvalue weighted by atomic mass is 9.95. The minimum absolute atomic E-state index is 0.397. The standard InChI is InChI=1S/C17H23N3O/c1-13-4-2-3-5-15(13)16(21)12-20-10-6-14(7-11-20)17-18-8-9-19-17/h2-5,8-9,14,16,21H,6-7,10-12H2,1H3,(H,18,19). The predicted octanol–water partition coefficient (Wildman–Crippen LogP) is 2.63. The van der Waals surface area contributed by atoms with Gasteiger partial charge in [0, 0.05) is 24.9 Å². The minimum Gasteiger partial charge on any atom is -0.387 e. The maximum atomic E-state index is 10.4. The summed E-state index contributed by atoms with van der Waals surface area (Å²) < 4.78 is 0. The monoisotopic (exact) mass is 285 g/mol. The number of aliphatic hydroxyl groups is 1. The number of piperidine rings is 1. The zero-order valence-corrected chi connectivity index (χ0v) is 12.5. The molecule has 1 aliphatic rings. The van der Waals surface area contributed by atoms with E-state index in [1.165, 1.54) is 0 Å². The van der Waals surface area contributed by atoms with Gasteiger partial charge in [0.15, 0.2) is 0 Å². The molecule has 2 heterocycles. The largest absolute Gasteiger partial charge is 0.387 e. The second kappa shape index (κ2) is 6.41. The van der Waals surface area contributed by atoms with E-state index in [0.717, 1.165) is 49.4 Å². The van der Waals surface area contributed by atoms with Crippen molar-refractivity contribution in [2.45, 2.75) is 31.8 Å². The Morgan fingerprint density at radius 3 is 2.76 bits per heavy atom. The maximum Gasteiger partial charge on any atom is 0.109 e. The number of aryl methyl sites for hydroxylation is 1. The highest BCUT2D eigenvalue weighted by Gasteiger charge is 2.24. The van der Waals surface area contributed by atoms with Crippen molar-refractivity contribution < 1.29 is 5.11 Å². The Morgan fingerprint density at radius 1 is 1.33 bits per heavy atom. The fourth-order valence-electron chi connectivity index (χ4n) is 3.19. The Kier molecular flexibility index (Phi) is 4.36. The number of nitrogens with zero attached hydrogens (tertiary/aromatic N) is 2. The third-order valence-corrected chi connectivity index (χ3v) is 4.47. The second-order valence-electron chi connectivity index (χ2n) is 5.92. The summed E-state index contributed by atoms with van der Waals surface area (Å²) in [6, 6.07) is 8.09. The van der Waals surface area contributed by atoms with Gasteiger partial charge in [-0.15, -0.1) is 0 Å². The Morgan fingerprint density at radius 2 is 2.10 bits per heavy atom. The first kappa shape index (κ1) is 14.3. The minimum atomic E-state index is -0.397. The highest BCUT2D eigenvalue weighted by molar-refractivity contribution is 5.27. The molecule has 112 valence electrons. The molecule has 1 fully saturated rings. The molecular formula is C17H23N3O.